The van der Waals surface area contributed by atoms with Gasteiger partial charge in [0.1, 0.15) is 0 Å². The molecular formula is C57H110N2O5. The van der Waals surface area contributed by atoms with E-state index in [0.29, 0.717) is 44.6 Å². The maximum atomic E-state index is 12.8. The largest absolute Gasteiger partial charge is 0.466 e. The molecule has 0 aromatic heterocycles. The van der Waals surface area contributed by atoms with E-state index in [1.807, 2.05) is 0 Å². The highest BCUT2D eigenvalue weighted by atomic mass is 16.5. The molecule has 1 rings (SSSR count). The molecule has 1 saturated carbocycles. The smallest absolute Gasteiger partial charge is 0.305 e. The van der Waals surface area contributed by atoms with Crippen molar-refractivity contribution in [3.8, 4) is 0 Å². The zero-order valence-electron chi connectivity index (χ0n) is 43.2. The van der Waals surface area contributed by atoms with Gasteiger partial charge in [-0.3, -0.25) is 19.4 Å². The van der Waals surface area contributed by atoms with E-state index in [4.69, 9.17) is 9.47 Å². The molecule has 378 valence electrons. The minimum Gasteiger partial charge on any atom is -0.466 e. The molecule has 0 bridgehead atoms. The summed E-state index contributed by atoms with van der Waals surface area (Å²) in [5.41, 5.74) is 0. The standard InChI is InChI=1S/C57H110N2O5/c1-4-7-10-13-16-17-18-19-20-21-22-23-24-27-35-44-56(61)63-52-39-30-38-47-59(55-42-33-28-34-43-55)49-48-58(50-51-60)46-37-29-36-45-57(62)64-53-54(40-31-25-14-11-8-5-2)41-32-26-15-12-9-6-3/h19-20,54-55,60H,4-18,21-53H2,1-3H3/b20-19-. The van der Waals surface area contributed by atoms with Crippen molar-refractivity contribution >= 4 is 11.9 Å². The molecule has 0 atom stereocenters. The van der Waals surface area contributed by atoms with Crippen molar-refractivity contribution in [1.82, 2.24) is 9.80 Å². The van der Waals surface area contributed by atoms with Gasteiger partial charge in [-0.25, -0.2) is 0 Å². The van der Waals surface area contributed by atoms with Crippen molar-refractivity contribution in [3.05, 3.63) is 12.2 Å². The first-order valence-electron chi connectivity index (χ1n) is 28.6. The third kappa shape index (κ3) is 39.7. The van der Waals surface area contributed by atoms with Gasteiger partial charge in [0.05, 0.1) is 19.8 Å². The molecule has 7 nitrogen and oxygen atoms in total. The first-order chi connectivity index (χ1) is 31.5. The number of aliphatic hydroxyl groups is 1. The normalized spacial score (nSPS) is 13.6. The van der Waals surface area contributed by atoms with Crippen molar-refractivity contribution in [2.24, 2.45) is 5.92 Å². The summed E-state index contributed by atoms with van der Waals surface area (Å²) in [4.78, 5) is 30.3. The summed E-state index contributed by atoms with van der Waals surface area (Å²) >= 11 is 0. The number of hydrogen-bond acceptors (Lipinski definition) is 7. The molecule has 0 saturated heterocycles. The lowest BCUT2D eigenvalue weighted by Gasteiger charge is -2.36. The van der Waals surface area contributed by atoms with Gasteiger partial charge in [0.2, 0.25) is 0 Å². The van der Waals surface area contributed by atoms with Crippen LogP contribution in [-0.4, -0.2) is 85.4 Å². The van der Waals surface area contributed by atoms with Gasteiger partial charge in [-0.1, -0.05) is 187 Å². The molecule has 1 N–H and O–H groups in total. The van der Waals surface area contributed by atoms with Crippen LogP contribution in [-0.2, 0) is 19.1 Å². The predicted octanol–water partition coefficient (Wildman–Crippen LogP) is 15.9. The second-order valence-electron chi connectivity index (χ2n) is 20.0. The summed E-state index contributed by atoms with van der Waals surface area (Å²) in [6.45, 7) is 13.0. The van der Waals surface area contributed by atoms with Gasteiger partial charge in [-0.15, -0.1) is 0 Å². The molecule has 0 unspecified atom stereocenters. The van der Waals surface area contributed by atoms with E-state index < -0.39 is 0 Å². The predicted molar refractivity (Wildman–Crippen MR) is 275 cm³/mol. The van der Waals surface area contributed by atoms with Crippen LogP contribution in [0.3, 0.4) is 0 Å². The van der Waals surface area contributed by atoms with Crippen LogP contribution >= 0.6 is 0 Å². The fraction of sp³-hybridized carbons (Fsp3) is 0.930. The van der Waals surface area contributed by atoms with Gasteiger partial charge in [0.15, 0.2) is 0 Å². The maximum Gasteiger partial charge on any atom is 0.305 e. The second-order valence-corrected chi connectivity index (χ2v) is 20.0. The van der Waals surface area contributed by atoms with Gasteiger partial charge >= 0.3 is 11.9 Å². The van der Waals surface area contributed by atoms with Crippen LogP contribution in [0.4, 0.5) is 0 Å². The van der Waals surface area contributed by atoms with E-state index in [1.54, 1.807) is 0 Å². The Morgan fingerprint density at radius 3 is 1.53 bits per heavy atom. The van der Waals surface area contributed by atoms with Crippen LogP contribution in [0.1, 0.15) is 278 Å². The molecule has 0 amide bonds. The molecule has 0 aromatic rings. The Bertz CT molecular complexity index is 1000. The van der Waals surface area contributed by atoms with Crippen LogP contribution < -0.4 is 0 Å². The SMILES string of the molecule is CCCCCCCC/C=C\CCCCCCCC(=O)OCCCCCN(CCN(CCO)CCCCCC(=O)OCC(CCCCCCCC)CCCCCCCC)C1CCCCC1. The lowest BCUT2D eigenvalue weighted by molar-refractivity contribution is -0.145. The summed E-state index contributed by atoms with van der Waals surface area (Å²) in [6, 6.07) is 0.663. The van der Waals surface area contributed by atoms with Crippen molar-refractivity contribution < 1.29 is 24.2 Å². The molecule has 7 heteroatoms. The Morgan fingerprint density at radius 1 is 0.500 bits per heavy atom. The third-order valence-electron chi connectivity index (χ3n) is 14.0. The zero-order chi connectivity index (χ0) is 46.2. The first-order valence-corrected chi connectivity index (χ1v) is 28.6. The van der Waals surface area contributed by atoms with Crippen molar-refractivity contribution in [2.75, 3.05) is 52.5 Å². The summed E-state index contributed by atoms with van der Waals surface area (Å²) in [6.07, 6.45) is 53.2. The summed E-state index contributed by atoms with van der Waals surface area (Å²) in [7, 11) is 0. The highest BCUT2D eigenvalue weighted by Gasteiger charge is 2.21. The quantitative estimate of drug-likeness (QED) is 0.0370. The average Bonchev–Trinajstić information content (AvgIpc) is 3.30. The lowest BCUT2D eigenvalue weighted by atomic mass is 9.94. The number of hydrogen-bond donors (Lipinski definition) is 1. The van der Waals surface area contributed by atoms with Crippen molar-refractivity contribution in [2.45, 2.75) is 284 Å². The Labute approximate surface area is 398 Å². The minimum atomic E-state index is -0.0216. The molecular weight excluding hydrogens is 793 g/mol. The van der Waals surface area contributed by atoms with Gasteiger partial charge in [-0.05, 0) is 109 Å². The van der Waals surface area contributed by atoms with Gasteiger partial charge in [0, 0.05) is 38.5 Å². The zero-order valence-corrected chi connectivity index (χ0v) is 43.2. The summed E-state index contributed by atoms with van der Waals surface area (Å²) < 4.78 is 11.5. The Morgan fingerprint density at radius 2 is 0.969 bits per heavy atom. The van der Waals surface area contributed by atoms with E-state index in [2.05, 4.69) is 42.7 Å². The number of esters is 2. The summed E-state index contributed by atoms with van der Waals surface area (Å²) in [5.74, 6) is 0.480. The lowest BCUT2D eigenvalue weighted by Crippen LogP contribution is -2.43. The molecule has 0 spiro atoms. The molecule has 1 aliphatic rings. The van der Waals surface area contributed by atoms with E-state index in [9.17, 15) is 14.7 Å². The van der Waals surface area contributed by atoms with Crippen LogP contribution in [0.15, 0.2) is 12.2 Å². The molecule has 64 heavy (non-hydrogen) atoms. The van der Waals surface area contributed by atoms with Gasteiger partial charge in [0.25, 0.3) is 0 Å². The highest BCUT2D eigenvalue weighted by Crippen LogP contribution is 2.24. The Hall–Kier alpha value is -1.44. The molecule has 0 aliphatic heterocycles. The van der Waals surface area contributed by atoms with Gasteiger partial charge < -0.3 is 14.6 Å². The number of allylic oxidation sites excluding steroid dienone is 2. The Balaban J connectivity index is 2.26. The molecule has 0 radical (unpaired) electrons. The van der Waals surface area contributed by atoms with Crippen LogP contribution in [0.2, 0.25) is 0 Å². The number of carbonyl (C=O) groups excluding carboxylic acids is 2. The van der Waals surface area contributed by atoms with E-state index >= 15 is 0 Å². The second kappa shape index (κ2) is 48.0. The van der Waals surface area contributed by atoms with Gasteiger partial charge in [-0.2, -0.15) is 0 Å². The number of aliphatic hydroxyl groups excluding tert-OH is 1. The van der Waals surface area contributed by atoms with Crippen LogP contribution in [0, 0.1) is 5.92 Å². The Kier molecular flexibility index (Phi) is 45.5. The number of ether oxygens (including phenoxy) is 2. The maximum absolute atomic E-state index is 12.8. The summed E-state index contributed by atoms with van der Waals surface area (Å²) in [5, 5.41) is 9.89. The number of rotatable bonds is 49. The third-order valence-corrected chi connectivity index (χ3v) is 14.0. The number of carbonyl (C=O) groups is 2. The van der Waals surface area contributed by atoms with E-state index in [-0.39, 0.29) is 18.5 Å². The minimum absolute atomic E-state index is 0.0156. The highest BCUT2D eigenvalue weighted by molar-refractivity contribution is 5.69. The topological polar surface area (TPSA) is 79.3 Å². The number of unbranched alkanes of at least 4 members (excludes halogenated alkanes) is 25. The fourth-order valence-electron chi connectivity index (χ4n) is 9.66. The average molecular weight is 904 g/mol. The van der Waals surface area contributed by atoms with E-state index in [1.165, 1.54) is 193 Å². The molecule has 1 aliphatic carbocycles. The monoisotopic (exact) mass is 903 g/mol. The first kappa shape index (κ1) is 60.6. The molecule has 0 aromatic carbocycles. The number of nitrogens with zero attached hydrogens (tertiary/aromatic N) is 2. The van der Waals surface area contributed by atoms with Crippen molar-refractivity contribution in [3.63, 3.8) is 0 Å². The van der Waals surface area contributed by atoms with Crippen LogP contribution in [0.5, 0.6) is 0 Å². The molecule has 0 heterocycles. The van der Waals surface area contributed by atoms with Crippen LogP contribution in [0.25, 0.3) is 0 Å². The van der Waals surface area contributed by atoms with E-state index in [0.717, 1.165) is 77.5 Å². The van der Waals surface area contributed by atoms with Crippen molar-refractivity contribution in [1.29, 1.82) is 0 Å². The fourth-order valence-corrected chi connectivity index (χ4v) is 9.66. The molecule has 1 fully saturated rings.